The largest absolute Gasteiger partial charge is 0.399 e. The van der Waals surface area contributed by atoms with Crippen molar-refractivity contribution in [1.82, 2.24) is 0 Å². The molecule has 0 bridgehead atoms. The molecule has 2 atom stereocenters. The number of hydrogen-bond donors (Lipinski definition) is 1. The molecule has 1 aliphatic heterocycles. The van der Waals surface area contributed by atoms with Gasteiger partial charge in [0.15, 0.2) is 6.10 Å². The Morgan fingerprint density at radius 2 is 1.44 bits per heavy atom. The number of aryl methyl sites for hydroxylation is 3. The van der Waals surface area contributed by atoms with E-state index in [4.69, 9.17) is 10.6 Å². The average molecular weight is 356 g/mol. The highest BCUT2D eigenvalue weighted by Crippen LogP contribution is 2.43. The molecule has 3 heteroatoms. The summed E-state index contributed by atoms with van der Waals surface area (Å²) in [5.74, 6) is 0.0370. The van der Waals surface area contributed by atoms with E-state index in [2.05, 4.69) is 62.3 Å². The molecule has 3 nitrogen and oxygen atoms in total. The van der Waals surface area contributed by atoms with Crippen molar-refractivity contribution in [3.8, 4) is 0 Å². The van der Waals surface area contributed by atoms with Crippen molar-refractivity contribution in [3.05, 3.63) is 100 Å². The van der Waals surface area contributed by atoms with E-state index in [-0.39, 0.29) is 12.0 Å². The van der Waals surface area contributed by atoms with Gasteiger partial charge < -0.3 is 10.6 Å². The summed E-state index contributed by atoms with van der Waals surface area (Å²) in [6.45, 7) is 6.43. The molecule has 3 aromatic carbocycles. The molecule has 0 unspecified atom stereocenters. The lowest BCUT2D eigenvalue weighted by atomic mass is 9.81. The maximum atomic E-state index is 6.00. The Bertz CT molecular complexity index is 968. The fraction of sp³-hybridized carbons (Fsp3) is 0.208. The van der Waals surface area contributed by atoms with Crippen LogP contribution in [-0.4, -0.2) is 5.71 Å². The molecular weight excluding hydrogens is 332 g/mol. The van der Waals surface area contributed by atoms with Gasteiger partial charge in [-0.15, -0.1) is 0 Å². The van der Waals surface area contributed by atoms with Crippen LogP contribution in [0.2, 0.25) is 0 Å². The minimum atomic E-state index is -0.164. The normalized spacial score (nSPS) is 18.9. The minimum Gasteiger partial charge on any atom is -0.399 e. The van der Waals surface area contributed by atoms with E-state index >= 15 is 0 Å². The summed E-state index contributed by atoms with van der Waals surface area (Å²) >= 11 is 0. The summed E-state index contributed by atoms with van der Waals surface area (Å²) in [7, 11) is 0. The van der Waals surface area contributed by atoms with Crippen LogP contribution in [0.25, 0.3) is 0 Å². The quantitative estimate of drug-likeness (QED) is 0.634. The number of oxime groups is 1. The minimum absolute atomic E-state index is 0.0370. The predicted molar refractivity (Wildman–Crippen MR) is 111 cm³/mol. The van der Waals surface area contributed by atoms with Gasteiger partial charge >= 0.3 is 0 Å². The third-order valence-electron chi connectivity index (χ3n) is 5.22. The number of rotatable bonds is 3. The molecule has 4 rings (SSSR count). The van der Waals surface area contributed by atoms with Crippen LogP contribution in [0, 0.1) is 20.8 Å². The molecule has 1 aliphatic rings. The Labute approximate surface area is 160 Å². The topological polar surface area (TPSA) is 47.6 Å². The monoisotopic (exact) mass is 356 g/mol. The molecule has 0 aromatic heterocycles. The molecule has 0 spiro atoms. The van der Waals surface area contributed by atoms with Crippen molar-refractivity contribution in [2.75, 3.05) is 5.73 Å². The molecule has 0 radical (unpaired) electrons. The molecule has 1 heterocycles. The maximum absolute atomic E-state index is 6.00. The molecule has 0 fully saturated rings. The van der Waals surface area contributed by atoms with Gasteiger partial charge in [-0.3, -0.25) is 0 Å². The van der Waals surface area contributed by atoms with Crippen LogP contribution >= 0.6 is 0 Å². The highest BCUT2D eigenvalue weighted by Gasteiger charge is 2.38. The van der Waals surface area contributed by atoms with Crippen LogP contribution < -0.4 is 5.73 Å². The van der Waals surface area contributed by atoms with Crippen LogP contribution in [0.3, 0.4) is 0 Å². The number of anilines is 1. The maximum Gasteiger partial charge on any atom is 0.165 e. The number of benzene rings is 3. The SMILES string of the molecule is Cc1cc(C)c(C2=NO[C@@H](c3ccc(N)cc3)[C@@H]2c2ccccc2)c(C)c1. The Morgan fingerprint density at radius 3 is 2.07 bits per heavy atom. The first-order chi connectivity index (χ1) is 13.0. The van der Waals surface area contributed by atoms with E-state index in [1.807, 2.05) is 30.3 Å². The van der Waals surface area contributed by atoms with Gasteiger partial charge in [-0.2, -0.15) is 0 Å². The predicted octanol–water partition coefficient (Wildman–Crippen LogP) is 5.45. The van der Waals surface area contributed by atoms with Crippen LogP contribution in [0.4, 0.5) is 5.69 Å². The lowest BCUT2D eigenvalue weighted by molar-refractivity contribution is 0.0763. The van der Waals surface area contributed by atoms with E-state index < -0.39 is 0 Å². The summed E-state index contributed by atoms with van der Waals surface area (Å²) < 4.78 is 0. The van der Waals surface area contributed by atoms with Crippen LogP contribution in [0.15, 0.2) is 71.9 Å². The third kappa shape index (κ3) is 3.21. The number of nitrogen functional groups attached to an aromatic ring is 1. The third-order valence-corrected chi connectivity index (χ3v) is 5.22. The Kier molecular flexibility index (Phi) is 4.44. The fourth-order valence-corrected chi connectivity index (χ4v) is 4.09. The number of nitrogens with two attached hydrogens (primary N) is 1. The molecule has 0 amide bonds. The first-order valence-electron chi connectivity index (χ1n) is 9.27. The van der Waals surface area contributed by atoms with Crippen molar-refractivity contribution < 1.29 is 4.84 Å². The molecular formula is C24H24N2O. The van der Waals surface area contributed by atoms with E-state index in [9.17, 15) is 0 Å². The van der Waals surface area contributed by atoms with Gasteiger partial charge in [0.05, 0.1) is 11.6 Å². The molecule has 136 valence electrons. The molecule has 0 saturated heterocycles. The number of hydrogen-bond acceptors (Lipinski definition) is 3. The molecule has 3 aromatic rings. The van der Waals surface area contributed by atoms with Gasteiger partial charge in [-0.05, 0) is 55.2 Å². The Morgan fingerprint density at radius 1 is 0.815 bits per heavy atom. The van der Waals surface area contributed by atoms with Crippen molar-refractivity contribution >= 4 is 11.4 Å². The zero-order chi connectivity index (χ0) is 19.0. The zero-order valence-electron chi connectivity index (χ0n) is 15.9. The molecule has 27 heavy (non-hydrogen) atoms. The van der Waals surface area contributed by atoms with Gasteiger partial charge in [-0.25, -0.2) is 0 Å². The van der Waals surface area contributed by atoms with E-state index in [0.717, 1.165) is 17.0 Å². The van der Waals surface area contributed by atoms with Gasteiger partial charge in [0.2, 0.25) is 0 Å². The Hall–Kier alpha value is -3.07. The van der Waals surface area contributed by atoms with Gasteiger partial charge in [0.1, 0.15) is 0 Å². The van der Waals surface area contributed by atoms with Crippen molar-refractivity contribution in [1.29, 1.82) is 0 Å². The lowest BCUT2D eigenvalue weighted by Gasteiger charge is -2.21. The van der Waals surface area contributed by atoms with Crippen molar-refractivity contribution in [3.63, 3.8) is 0 Å². The van der Waals surface area contributed by atoms with Gasteiger partial charge in [0, 0.05) is 11.3 Å². The van der Waals surface area contributed by atoms with Crippen LogP contribution in [0.1, 0.15) is 45.4 Å². The number of nitrogens with zero attached hydrogens (tertiary/aromatic N) is 1. The zero-order valence-corrected chi connectivity index (χ0v) is 15.9. The summed E-state index contributed by atoms with van der Waals surface area (Å²) in [5.41, 5.74) is 14.8. The van der Waals surface area contributed by atoms with E-state index in [1.165, 1.54) is 27.8 Å². The summed E-state index contributed by atoms with van der Waals surface area (Å²) in [6.07, 6.45) is -0.164. The standard InChI is InChI=1S/C24H24N2O/c1-15-13-16(2)21(17(3)14-15)23-22(18-7-5-4-6-8-18)24(27-26-23)19-9-11-20(25)12-10-19/h4-14,22,24H,25H2,1-3H3/t22-,24+/m1/s1. The second kappa shape index (κ2) is 6.92. The van der Waals surface area contributed by atoms with Gasteiger partial charge in [0.25, 0.3) is 0 Å². The van der Waals surface area contributed by atoms with Gasteiger partial charge in [-0.1, -0.05) is 65.3 Å². The first-order valence-corrected chi connectivity index (χ1v) is 9.27. The smallest absolute Gasteiger partial charge is 0.165 e. The molecule has 0 aliphatic carbocycles. The Balaban J connectivity index is 1.84. The van der Waals surface area contributed by atoms with Crippen LogP contribution in [-0.2, 0) is 4.84 Å². The lowest BCUT2D eigenvalue weighted by Crippen LogP contribution is -2.18. The average Bonchev–Trinajstić information content (AvgIpc) is 3.07. The van der Waals surface area contributed by atoms with Crippen molar-refractivity contribution in [2.24, 2.45) is 5.16 Å². The first kappa shape index (κ1) is 17.3. The summed E-state index contributed by atoms with van der Waals surface area (Å²) in [5, 5.41) is 4.58. The van der Waals surface area contributed by atoms with Crippen LogP contribution in [0.5, 0.6) is 0 Å². The van der Waals surface area contributed by atoms with E-state index in [0.29, 0.717) is 0 Å². The molecule has 0 saturated carbocycles. The second-order valence-corrected chi connectivity index (χ2v) is 7.33. The molecule has 2 N–H and O–H groups in total. The summed E-state index contributed by atoms with van der Waals surface area (Å²) in [4.78, 5) is 6.00. The summed E-state index contributed by atoms with van der Waals surface area (Å²) in [6, 6.07) is 22.8. The second-order valence-electron chi connectivity index (χ2n) is 7.33. The highest BCUT2D eigenvalue weighted by molar-refractivity contribution is 6.08. The van der Waals surface area contributed by atoms with E-state index in [1.54, 1.807) is 0 Å². The highest BCUT2D eigenvalue weighted by atomic mass is 16.6. The van der Waals surface area contributed by atoms with Crippen molar-refractivity contribution in [2.45, 2.75) is 32.8 Å². The fourth-order valence-electron chi connectivity index (χ4n) is 4.09.